The van der Waals surface area contributed by atoms with E-state index >= 15 is 0 Å². The van der Waals surface area contributed by atoms with Crippen molar-refractivity contribution in [3.05, 3.63) is 0 Å². The fourth-order valence-corrected chi connectivity index (χ4v) is 0.967. The predicted molar refractivity (Wildman–Crippen MR) is 66.1 cm³/mol. The molecule has 0 aliphatic rings. The first-order chi connectivity index (χ1) is 7.17. The van der Waals surface area contributed by atoms with Crippen LogP contribution in [0.2, 0.25) is 0 Å². The lowest BCUT2D eigenvalue weighted by atomic mass is 10.1. The van der Waals surface area contributed by atoms with Crippen LogP contribution in [-0.2, 0) is 14.3 Å². The van der Waals surface area contributed by atoms with Crippen molar-refractivity contribution < 1.29 is 19.1 Å². The maximum absolute atomic E-state index is 11.4. The maximum atomic E-state index is 11.4. The number of hydrogen-bond donors (Lipinski definition) is 2. The zero-order chi connectivity index (χ0) is 12.9. The summed E-state index contributed by atoms with van der Waals surface area (Å²) in [6.07, 6.45) is -0.694. The number of nitrogens with one attached hydrogen (secondary N) is 1. The second kappa shape index (κ2) is 7.34. The summed E-state index contributed by atoms with van der Waals surface area (Å²) in [5.74, 6) is -0.596. The Morgan fingerprint density at radius 1 is 1.29 bits per heavy atom. The number of halogens is 1. The molecule has 17 heavy (non-hydrogen) atoms. The number of ether oxygens (including phenoxy) is 2. The van der Waals surface area contributed by atoms with E-state index in [4.69, 9.17) is 10.5 Å². The van der Waals surface area contributed by atoms with Crippen molar-refractivity contribution in [2.24, 2.45) is 5.73 Å². The predicted octanol–water partition coefficient (Wildman–Crippen LogP) is 0.822. The number of nitrogens with two attached hydrogens (primary N) is 1. The molecule has 102 valence electrons. The third kappa shape index (κ3) is 7.82. The van der Waals surface area contributed by atoms with Crippen LogP contribution in [0.3, 0.4) is 0 Å². The highest BCUT2D eigenvalue weighted by Gasteiger charge is 2.27. The number of carbonyl (C=O) groups is 2. The Morgan fingerprint density at radius 2 is 1.76 bits per heavy atom. The van der Waals surface area contributed by atoms with E-state index in [9.17, 15) is 9.59 Å². The van der Waals surface area contributed by atoms with Crippen LogP contribution in [0.1, 0.15) is 27.7 Å². The smallest absolute Gasteiger partial charge is 0.408 e. The van der Waals surface area contributed by atoms with Gasteiger partial charge in [0.2, 0.25) is 0 Å². The number of methoxy groups -OCH3 is 1. The minimum Gasteiger partial charge on any atom is -0.467 e. The van der Waals surface area contributed by atoms with Gasteiger partial charge in [0.1, 0.15) is 11.6 Å². The van der Waals surface area contributed by atoms with Gasteiger partial charge in [-0.05, 0) is 27.7 Å². The Hall–Kier alpha value is -1.01. The lowest BCUT2D eigenvalue weighted by Crippen LogP contribution is -2.52. The zero-order valence-corrected chi connectivity index (χ0v) is 11.6. The average Bonchev–Trinajstić information content (AvgIpc) is 2.09. The Bertz CT molecular complexity index is 264. The van der Waals surface area contributed by atoms with E-state index in [0.29, 0.717) is 0 Å². The SMILES string of the molecule is COC(=O)[C@@H](NC(=O)OC(C)(C)C)[C@@H](C)N.Cl. The first-order valence-electron chi connectivity index (χ1n) is 5.00. The summed E-state index contributed by atoms with van der Waals surface area (Å²) < 4.78 is 9.52. The molecule has 0 unspecified atom stereocenters. The average molecular weight is 269 g/mol. The van der Waals surface area contributed by atoms with E-state index < -0.39 is 29.7 Å². The number of carbonyl (C=O) groups excluding carboxylic acids is 2. The van der Waals surface area contributed by atoms with E-state index in [1.54, 1.807) is 27.7 Å². The van der Waals surface area contributed by atoms with Crippen LogP contribution in [0.5, 0.6) is 0 Å². The van der Waals surface area contributed by atoms with Crippen LogP contribution >= 0.6 is 12.4 Å². The molecular formula is C10H21ClN2O4. The van der Waals surface area contributed by atoms with Gasteiger partial charge in [0.15, 0.2) is 0 Å². The van der Waals surface area contributed by atoms with E-state index in [2.05, 4.69) is 10.1 Å². The minimum absolute atomic E-state index is 0. The van der Waals surface area contributed by atoms with Gasteiger partial charge in [-0.25, -0.2) is 9.59 Å². The molecule has 0 aromatic rings. The number of amides is 1. The number of alkyl carbamates (subject to hydrolysis) is 1. The van der Waals surface area contributed by atoms with Gasteiger partial charge < -0.3 is 20.5 Å². The molecular weight excluding hydrogens is 248 g/mol. The molecule has 0 fully saturated rings. The van der Waals surface area contributed by atoms with Crippen molar-refractivity contribution in [3.63, 3.8) is 0 Å². The van der Waals surface area contributed by atoms with Crippen LogP contribution in [0, 0.1) is 0 Å². The third-order valence-electron chi connectivity index (χ3n) is 1.65. The molecule has 0 aliphatic heterocycles. The van der Waals surface area contributed by atoms with Crippen molar-refractivity contribution in [1.29, 1.82) is 0 Å². The van der Waals surface area contributed by atoms with Gasteiger partial charge in [-0.2, -0.15) is 0 Å². The van der Waals surface area contributed by atoms with E-state index in [1.165, 1.54) is 7.11 Å². The van der Waals surface area contributed by atoms with Gasteiger partial charge in [-0.15, -0.1) is 12.4 Å². The van der Waals surface area contributed by atoms with Crippen molar-refractivity contribution in [1.82, 2.24) is 5.32 Å². The first kappa shape index (κ1) is 18.4. The van der Waals surface area contributed by atoms with E-state index in [1.807, 2.05) is 0 Å². The highest BCUT2D eigenvalue weighted by atomic mass is 35.5. The summed E-state index contributed by atoms with van der Waals surface area (Å²) in [6.45, 7) is 6.78. The van der Waals surface area contributed by atoms with Gasteiger partial charge in [0.05, 0.1) is 7.11 Å². The molecule has 1 amide bonds. The van der Waals surface area contributed by atoms with Gasteiger partial charge in [0.25, 0.3) is 0 Å². The molecule has 0 aromatic heterocycles. The molecule has 0 rings (SSSR count). The van der Waals surface area contributed by atoms with Crippen LogP contribution in [0.4, 0.5) is 4.79 Å². The highest BCUT2D eigenvalue weighted by Crippen LogP contribution is 2.07. The molecule has 0 saturated carbocycles. The standard InChI is InChI=1S/C10H20N2O4.ClH/c1-6(11)7(8(13)15-5)12-9(14)16-10(2,3)4;/h6-7H,11H2,1-5H3,(H,12,14);1H/t6-,7+;/m1./s1. The zero-order valence-electron chi connectivity index (χ0n) is 10.8. The van der Waals surface area contributed by atoms with E-state index in [-0.39, 0.29) is 12.4 Å². The molecule has 6 nitrogen and oxygen atoms in total. The summed E-state index contributed by atoms with van der Waals surface area (Å²) in [6, 6.07) is -1.46. The van der Waals surface area contributed by atoms with Crippen LogP contribution < -0.4 is 11.1 Å². The summed E-state index contributed by atoms with van der Waals surface area (Å²) in [5, 5.41) is 2.36. The quantitative estimate of drug-likeness (QED) is 0.740. The Kier molecular flexibility index (Phi) is 7.93. The minimum atomic E-state index is -0.903. The summed E-state index contributed by atoms with van der Waals surface area (Å²) in [7, 11) is 1.23. The molecule has 0 radical (unpaired) electrons. The number of esters is 1. The second-order valence-electron chi connectivity index (χ2n) is 4.51. The van der Waals surface area contributed by atoms with Gasteiger partial charge in [-0.3, -0.25) is 0 Å². The van der Waals surface area contributed by atoms with Gasteiger partial charge >= 0.3 is 12.1 Å². The fourth-order valence-electron chi connectivity index (χ4n) is 0.967. The monoisotopic (exact) mass is 268 g/mol. The second-order valence-corrected chi connectivity index (χ2v) is 4.51. The molecule has 0 bridgehead atoms. The Balaban J connectivity index is 0. The number of hydrogen-bond acceptors (Lipinski definition) is 5. The molecule has 0 spiro atoms. The largest absolute Gasteiger partial charge is 0.467 e. The van der Waals surface area contributed by atoms with Crippen LogP contribution in [-0.4, -0.2) is 36.9 Å². The van der Waals surface area contributed by atoms with Gasteiger partial charge in [0, 0.05) is 6.04 Å². The fraction of sp³-hybridized carbons (Fsp3) is 0.800. The third-order valence-corrected chi connectivity index (χ3v) is 1.65. The molecule has 0 aliphatic carbocycles. The highest BCUT2D eigenvalue weighted by molar-refractivity contribution is 5.85. The molecule has 3 N–H and O–H groups in total. The van der Waals surface area contributed by atoms with Crippen molar-refractivity contribution in [2.45, 2.75) is 45.4 Å². The topological polar surface area (TPSA) is 90.6 Å². The first-order valence-corrected chi connectivity index (χ1v) is 5.00. The molecule has 2 atom stereocenters. The lowest BCUT2D eigenvalue weighted by Gasteiger charge is -2.24. The lowest BCUT2D eigenvalue weighted by molar-refractivity contribution is -0.143. The Morgan fingerprint density at radius 3 is 2.06 bits per heavy atom. The normalized spacial score (nSPS) is 14.0. The van der Waals surface area contributed by atoms with Crippen molar-refractivity contribution in [3.8, 4) is 0 Å². The molecule has 0 heterocycles. The van der Waals surface area contributed by atoms with E-state index in [0.717, 1.165) is 0 Å². The summed E-state index contributed by atoms with van der Waals surface area (Å²) in [5.41, 5.74) is 4.93. The summed E-state index contributed by atoms with van der Waals surface area (Å²) in [4.78, 5) is 22.7. The van der Waals surface area contributed by atoms with Crippen LogP contribution in [0.25, 0.3) is 0 Å². The summed E-state index contributed by atoms with van der Waals surface area (Å²) >= 11 is 0. The maximum Gasteiger partial charge on any atom is 0.408 e. The number of rotatable bonds is 3. The van der Waals surface area contributed by atoms with Crippen LogP contribution in [0.15, 0.2) is 0 Å². The Labute approximate surface area is 108 Å². The molecule has 0 saturated heterocycles. The van der Waals surface area contributed by atoms with Crippen molar-refractivity contribution in [2.75, 3.05) is 7.11 Å². The molecule has 0 aromatic carbocycles. The van der Waals surface area contributed by atoms with Gasteiger partial charge in [-0.1, -0.05) is 0 Å². The van der Waals surface area contributed by atoms with Crippen molar-refractivity contribution >= 4 is 24.5 Å². The molecule has 7 heteroatoms.